The van der Waals surface area contributed by atoms with Gasteiger partial charge >= 0.3 is 0 Å². The van der Waals surface area contributed by atoms with E-state index in [4.69, 9.17) is 33.0 Å². The molecule has 6 nitrogen and oxygen atoms in total. The summed E-state index contributed by atoms with van der Waals surface area (Å²) in [6.45, 7) is 0.428. The predicted molar refractivity (Wildman–Crippen MR) is 91.7 cm³/mol. The Morgan fingerprint density at radius 2 is 1.96 bits per heavy atom. The number of likely N-dealkylation sites (N-methyl/N-ethyl adjacent to an activating group) is 1. The Hall–Kier alpha value is -1.60. The lowest BCUT2D eigenvalue weighted by atomic mass is 10.0. The molecule has 1 N–H and O–H groups in total. The number of hydrogen-bond donors (Lipinski definition) is 1. The molecule has 0 aliphatic carbocycles. The number of aliphatic hydroxyl groups excluding tert-OH is 1. The lowest BCUT2D eigenvalue weighted by molar-refractivity contribution is -0.138. The summed E-state index contributed by atoms with van der Waals surface area (Å²) in [5.41, 5.74) is 0.835. The number of amides is 2. The Bertz CT molecular complexity index is 691. The van der Waals surface area contributed by atoms with Crippen LogP contribution in [0.15, 0.2) is 23.9 Å². The molecule has 0 spiro atoms. The SMILES string of the molecule is COCCN1C(=O)C(c2ccc(Cl)cc2Cl)=C(N(C)CCO)C1=O. The minimum absolute atomic E-state index is 0.138. The summed E-state index contributed by atoms with van der Waals surface area (Å²) in [5, 5.41) is 9.88. The molecule has 1 aromatic carbocycles. The van der Waals surface area contributed by atoms with Crippen molar-refractivity contribution in [3.05, 3.63) is 39.5 Å². The molecule has 0 saturated carbocycles. The molecule has 0 aromatic heterocycles. The van der Waals surface area contributed by atoms with Crippen LogP contribution < -0.4 is 0 Å². The Morgan fingerprint density at radius 3 is 2.54 bits per heavy atom. The van der Waals surface area contributed by atoms with Gasteiger partial charge in [0.2, 0.25) is 0 Å². The van der Waals surface area contributed by atoms with Crippen molar-refractivity contribution < 1.29 is 19.4 Å². The van der Waals surface area contributed by atoms with E-state index in [1.165, 1.54) is 13.2 Å². The van der Waals surface area contributed by atoms with Crippen LogP contribution in [0.25, 0.3) is 5.57 Å². The third-order valence-corrected chi connectivity index (χ3v) is 4.23. The first-order valence-electron chi connectivity index (χ1n) is 7.29. The van der Waals surface area contributed by atoms with E-state index in [0.717, 1.165) is 4.90 Å². The van der Waals surface area contributed by atoms with Gasteiger partial charge in [0.05, 0.1) is 30.4 Å². The maximum atomic E-state index is 12.8. The Labute approximate surface area is 150 Å². The van der Waals surface area contributed by atoms with Gasteiger partial charge in [-0.1, -0.05) is 29.3 Å². The van der Waals surface area contributed by atoms with Gasteiger partial charge in [0.15, 0.2) is 0 Å². The molecule has 0 bridgehead atoms. The molecule has 1 aliphatic heterocycles. The Morgan fingerprint density at radius 1 is 1.25 bits per heavy atom. The highest BCUT2D eigenvalue weighted by atomic mass is 35.5. The van der Waals surface area contributed by atoms with Crippen LogP contribution in [0.2, 0.25) is 10.0 Å². The molecule has 2 amide bonds. The summed E-state index contributed by atoms with van der Waals surface area (Å²) in [5.74, 6) is -0.880. The standard InChI is InChI=1S/C16H18Cl2N2O4/c1-19(5-7-21)14-13(11-4-3-10(17)9-12(11)18)15(22)20(16(14)23)6-8-24-2/h3-4,9,21H,5-8H2,1-2H3. The summed E-state index contributed by atoms with van der Waals surface area (Å²) in [6, 6.07) is 4.73. The minimum Gasteiger partial charge on any atom is -0.395 e. The van der Waals surface area contributed by atoms with Crippen molar-refractivity contribution in [1.29, 1.82) is 0 Å². The number of aliphatic hydroxyl groups is 1. The predicted octanol–water partition coefficient (Wildman–Crippen LogP) is 1.64. The second kappa shape index (κ2) is 7.98. The molecule has 1 heterocycles. The fourth-order valence-electron chi connectivity index (χ4n) is 2.50. The van der Waals surface area contributed by atoms with E-state index in [1.54, 1.807) is 24.1 Å². The number of halogens is 2. The molecule has 2 rings (SSSR count). The normalized spacial score (nSPS) is 14.8. The fraction of sp³-hybridized carbons (Fsp3) is 0.375. The van der Waals surface area contributed by atoms with Crippen LogP contribution >= 0.6 is 23.2 Å². The summed E-state index contributed by atoms with van der Waals surface area (Å²) in [6.07, 6.45) is 0. The average Bonchev–Trinajstić information content (AvgIpc) is 2.77. The molecular formula is C16H18Cl2N2O4. The van der Waals surface area contributed by atoms with E-state index >= 15 is 0 Å². The monoisotopic (exact) mass is 372 g/mol. The van der Waals surface area contributed by atoms with Crippen LogP contribution in [0.3, 0.4) is 0 Å². The number of carbonyl (C=O) groups is 2. The van der Waals surface area contributed by atoms with Gasteiger partial charge in [0.25, 0.3) is 11.8 Å². The number of carbonyl (C=O) groups excluding carboxylic acids is 2. The third-order valence-electron chi connectivity index (χ3n) is 3.68. The van der Waals surface area contributed by atoms with Crippen LogP contribution in [0.5, 0.6) is 0 Å². The van der Waals surface area contributed by atoms with Crippen molar-refractivity contribution in [2.24, 2.45) is 0 Å². The first kappa shape index (κ1) is 18.7. The molecule has 0 radical (unpaired) electrons. The summed E-state index contributed by atoms with van der Waals surface area (Å²) < 4.78 is 4.96. The van der Waals surface area contributed by atoms with Gasteiger partial charge in [-0.3, -0.25) is 14.5 Å². The van der Waals surface area contributed by atoms with Crippen molar-refractivity contribution in [2.45, 2.75) is 0 Å². The maximum Gasteiger partial charge on any atom is 0.277 e. The second-order valence-corrected chi connectivity index (χ2v) is 6.09. The van der Waals surface area contributed by atoms with Gasteiger partial charge in [-0.25, -0.2) is 0 Å². The first-order chi connectivity index (χ1) is 11.4. The summed E-state index contributed by atoms with van der Waals surface area (Å²) in [7, 11) is 3.13. The second-order valence-electron chi connectivity index (χ2n) is 5.25. The molecule has 24 heavy (non-hydrogen) atoms. The van der Waals surface area contributed by atoms with Gasteiger partial charge in [-0.15, -0.1) is 0 Å². The highest BCUT2D eigenvalue weighted by Gasteiger charge is 2.41. The van der Waals surface area contributed by atoms with E-state index < -0.39 is 11.8 Å². The van der Waals surface area contributed by atoms with Gasteiger partial charge < -0.3 is 14.7 Å². The quantitative estimate of drug-likeness (QED) is 0.736. The highest BCUT2D eigenvalue weighted by molar-refractivity contribution is 6.41. The largest absolute Gasteiger partial charge is 0.395 e. The lowest BCUT2D eigenvalue weighted by Gasteiger charge is -2.20. The number of imide groups is 1. The van der Waals surface area contributed by atoms with E-state index in [2.05, 4.69) is 0 Å². The van der Waals surface area contributed by atoms with Gasteiger partial charge in [0, 0.05) is 31.3 Å². The smallest absolute Gasteiger partial charge is 0.277 e. The molecule has 8 heteroatoms. The van der Waals surface area contributed by atoms with Crippen LogP contribution in [-0.4, -0.2) is 67.2 Å². The highest BCUT2D eigenvalue weighted by Crippen LogP contribution is 2.35. The number of ether oxygens (including phenoxy) is 1. The zero-order valence-electron chi connectivity index (χ0n) is 13.4. The minimum atomic E-state index is -0.443. The van der Waals surface area contributed by atoms with Crippen molar-refractivity contribution >= 4 is 40.6 Å². The molecule has 0 unspecified atom stereocenters. The Balaban J connectivity index is 2.54. The number of rotatable bonds is 7. The van der Waals surface area contributed by atoms with Crippen LogP contribution in [0, 0.1) is 0 Å². The molecule has 1 aliphatic rings. The topological polar surface area (TPSA) is 70.1 Å². The van der Waals surface area contributed by atoms with Gasteiger partial charge in [0.1, 0.15) is 5.70 Å². The first-order valence-corrected chi connectivity index (χ1v) is 8.04. The Kier molecular flexibility index (Phi) is 6.23. The van der Waals surface area contributed by atoms with E-state index in [-0.39, 0.29) is 42.6 Å². The van der Waals surface area contributed by atoms with Crippen molar-refractivity contribution in [3.8, 4) is 0 Å². The van der Waals surface area contributed by atoms with Crippen molar-refractivity contribution in [3.63, 3.8) is 0 Å². The molecule has 0 saturated heterocycles. The number of nitrogens with zero attached hydrogens (tertiary/aromatic N) is 2. The molecule has 130 valence electrons. The number of methoxy groups -OCH3 is 1. The summed E-state index contributed by atoms with van der Waals surface area (Å²) in [4.78, 5) is 28.2. The summed E-state index contributed by atoms with van der Waals surface area (Å²) >= 11 is 12.1. The molecular weight excluding hydrogens is 355 g/mol. The molecule has 0 fully saturated rings. The number of hydrogen-bond acceptors (Lipinski definition) is 5. The zero-order valence-corrected chi connectivity index (χ0v) is 14.9. The zero-order chi connectivity index (χ0) is 17.9. The average molecular weight is 373 g/mol. The lowest BCUT2D eigenvalue weighted by Crippen LogP contribution is -2.37. The number of benzene rings is 1. The van der Waals surface area contributed by atoms with Crippen molar-refractivity contribution in [1.82, 2.24) is 9.80 Å². The van der Waals surface area contributed by atoms with E-state index in [0.29, 0.717) is 10.6 Å². The van der Waals surface area contributed by atoms with Crippen LogP contribution in [-0.2, 0) is 14.3 Å². The van der Waals surface area contributed by atoms with Gasteiger partial charge in [-0.2, -0.15) is 0 Å². The van der Waals surface area contributed by atoms with Crippen molar-refractivity contribution in [2.75, 3.05) is 40.5 Å². The van der Waals surface area contributed by atoms with Gasteiger partial charge in [-0.05, 0) is 12.1 Å². The van der Waals surface area contributed by atoms with Crippen LogP contribution in [0.1, 0.15) is 5.56 Å². The van der Waals surface area contributed by atoms with Crippen LogP contribution in [0.4, 0.5) is 0 Å². The maximum absolute atomic E-state index is 12.8. The van der Waals surface area contributed by atoms with E-state index in [9.17, 15) is 9.59 Å². The molecule has 1 aromatic rings. The van der Waals surface area contributed by atoms with E-state index in [1.807, 2.05) is 0 Å². The molecule has 0 atom stereocenters. The fourth-order valence-corrected chi connectivity index (χ4v) is 3.00. The third kappa shape index (κ3) is 3.57.